The molecular weight excluding hydrogens is 440 g/mol. The van der Waals surface area contributed by atoms with Crippen molar-refractivity contribution in [3.63, 3.8) is 0 Å². The van der Waals surface area contributed by atoms with Crippen LogP contribution < -0.4 is 15.4 Å². The molecule has 0 spiro atoms. The van der Waals surface area contributed by atoms with Gasteiger partial charge in [0, 0.05) is 24.5 Å². The summed E-state index contributed by atoms with van der Waals surface area (Å²) in [7, 11) is 1.52. The number of benzene rings is 1. The van der Waals surface area contributed by atoms with Crippen LogP contribution in [0.5, 0.6) is 5.75 Å². The Bertz CT molecular complexity index is 1090. The lowest BCUT2D eigenvalue weighted by molar-refractivity contribution is -0.122. The fourth-order valence-electron chi connectivity index (χ4n) is 3.31. The lowest BCUT2D eigenvalue weighted by atomic mass is 9.99. The van der Waals surface area contributed by atoms with Crippen LogP contribution in [0.3, 0.4) is 0 Å². The third kappa shape index (κ3) is 3.32. The molecule has 9 heteroatoms. The number of carbonyl (C=O) groups excluding carboxylic acids is 3. The van der Waals surface area contributed by atoms with E-state index in [0.717, 1.165) is 5.56 Å². The van der Waals surface area contributed by atoms with Crippen LogP contribution in [0.15, 0.2) is 41.1 Å². The van der Waals surface area contributed by atoms with Crippen LogP contribution in [0, 0.1) is 11.8 Å². The van der Waals surface area contributed by atoms with Gasteiger partial charge < -0.3 is 15.0 Å². The minimum Gasteiger partial charge on any atom is -0.496 e. The number of amides is 4. The van der Waals surface area contributed by atoms with Crippen molar-refractivity contribution >= 4 is 33.8 Å². The Morgan fingerprint density at radius 1 is 1.31 bits per heavy atom. The van der Waals surface area contributed by atoms with Gasteiger partial charge in [0.15, 0.2) is 0 Å². The van der Waals surface area contributed by atoms with Crippen molar-refractivity contribution in [2.45, 2.75) is 12.1 Å². The Hall–Kier alpha value is -3.38. The second-order valence-corrected chi connectivity index (χ2v) is 7.38. The van der Waals surface area contributed by atoms with Crippen molar-refractivity contribution in [1.82, 2.24) is 20.5 Å². The van der Waals surface area contributed by atoms with Gasteiger partial charge in [0.1, 0.15) is 5.75 Å². The second-order valence-electron chi connectivity index (χ2n) is 6.58. The van der Waals surface area contributed by atoms with E-state index in [1.807, 2.05) is 0 Å². The highest BCUT2D eigenvalue weighted by molar-refractivity contribution is 9.10. The number of carbonyl (C=O) groups is 3. The molecule has 3 heterocycles. The number of hydrogen-bond acceptors (Lipinski definition) is 5. The quantitative estimate of drug-likeness (QED) is 0.539. The SMILES string of the molecule is COc1ccc2c(c1Br)C(=O)N(CC1(C#Cc3cccnc3)NC(=O)NC1=O)C2. The molecule has 1 aromatic carbocycles. The van der Waals surface area contributed by atoms with Gasteiger partial charge in [-0.05, 0) is 39.7 Å². The highest BCUT2D eigenvalue weighted by atomic mass is 79.9. The van der Waals surface area contributed by atoms with Gasteiger partial charge >= 0.3 is 6.03 Å². The van der Waals surface area contributed by atoms with Crippen molar-refractivity contribution in [3.05, 3.63) is 57.8 Å². The summed E-state index contributed by atoms with van der Waals surface area (Å²) in [6, 6.07) is 6.38. The van der Waals surface area contributed by atoms with E-state index in [2.05, 4.69) is 43.4 Å². The molecule has 1 fully saturated rings. The summed E-state index contributed by atoms with van der Waals surface area (Å²) in [5, 5.41) is 4.78. The molecule has 0 bridgehead atoms. The van der Waals surface area contributed by atoms with Crippen LogP contribution in [-0.4, -0.2) is 46.9 Å². The van der Waals surface area contributed by atoms with Crippen LogP contribution in [0.4, 0.5) is 4.79 Å². The number of rotatable bonds is 3. The molecule has 0 radical (unpaired) electrons. The molecular formula is C20H15BrN4O4. The molecule has 8 nitrogen and oxygen atoms in total. The zero-order valence-electron chi connectivity index (χ0n) is 15.3. The van der Waals surface area contributed by atoms with Crippen LogP contribution in [0.1, 0.15) is 21.5 Å². The monoisotopic (exact) mass is 454 g/mol. The summed E-state index contributed by atoms with van der Waals surface area (Å²) in [5.74, 6) is 5.37. The number of aromatic nitrogens is 1. The summed E-state index contributed by atoms with van der Waals surface area (Å²) in [6.07, 6.45) is 3.16. The van der Waals surface area contributed by atoms with Gasteiger partial charge in [-0.1, -0.05) is 17.9 Å². The van der Waals surface area contributed by atoms with Gasteiger partial charge in [0.25, 0.3) is 11.8 Å². The first-order chi connectivity index (χ1) is 13.9. The number of pyridine rings is 1. The maximum atomic E-state index is 13.0. The third-order valence-corrected chi connectivity index (χ3v) is 5.51. The molecule has 4 rings (SSSR count). The molecule has 1 unspecified atom stereocenters. The molecule has 1 saturated heterocycles. The first-order valence-corrected chi connectivity index (χ1v) is 9.44. The predicted molar refractivity (Wildman–Crippen MR) is 106 cm³/mol. The third-order valence-electron chi connectivity index (χ3n) is 4.73. The lowest BCUT2D eigenvalue weighted by Gasteiger charge is -2.26. The zero-order chi connectivity index (χ0) is 20.6. The largest absolute Gasteiger partial charge is 0.496 e. The number of methoxy groups -OCH3 is 1. The molecule has 146 valence electrons. The van der Waals surface area contributed by atoms with Crippen molar-refractivity contribution in [1.29, 1.82) is 0 Å². The minimum absolute atomic E-state index is 0.0971. The Morgan fingerprint density at radius 3 is 2.79 bits per heavy atom. The standard InChI is InChI=1S/C20H15BrN4O4/c1-29-14-5-4-13-10-25(17(26)15(13)16(14)21)11-20(18(27)23-19(28)24-20)7-6-12-3-2-8-22-9-12/h2-5,8-9H,10-11H2,1H3,(H2,23,24,27,28). The van der Waals surface area contributed by atoms with Gasteiger partial charge in [-0.3, -0.25) is 19.9 Å². The van der Waals surface area contributed by atoms with E-state index < -0.39 is 17.5 Å². The van der Waals surface area contributed by atoms with E-state index in [-0.39, 0.29) is 19.0 Å². The Balaban J connectivity index is 1.67. The van der Waals surface area contributed by atoms with Crippen molar-refractivity contribution in [3.8, 4) is 17.6 Å². The topological polar surface area (TPSA) is 101 Å². The predicted octanol–water partition coefficient (Wildman–Crippen LogP) is 1.44. The number of fused-ring (bicyclic) bond motifs is 1. The highest BCUT2D eigenvalue weighted by Crippen LogP contribution is 2.36. The van der Waals surface area contributed by atoms with Crippen LogP contribution in [-0.2, 0) is 11.3 Å². The number of halogens is 1. The minimum atomic E-state index is -1.55. The van der Waals surface area contributed by atoms with Crippen molar-refractivity contribution in [2.24, 2.45) is 0 Å². The Labute approximate surface area is 174 Å². The van der Waals surface area contributed by atoms with Gasteiger partial charge in [-0.2, -0.15) is 0 Å². The molecule has 2 aromatic rings. The molecule has 0 saturated carbocycles. The first-order valence-electron chi connectivity index (χ1n) is 8.65. The zero-order valence-corrected chi connectivity index (χ0v) is 16.9. The number of imide groups is 1. The molecule has 2 aliphatic heterocycles. The maximum Gasteiger partial charge on any atom is 0.323 e. The fraction of sp³-hybridized carbons (Fsp3) is 0.200. The average molecular weight is 455 g/mol. The average Bonchev–Trinajstić information content (AvgIpc) is 3.17. The van der Waals surface area contributed by atoms with E-state index in [9.17, 15) is 14.4 Å². The van der Waals surface area contributed by atoms with Gasteiger partial charge in [0.2, 0.25) is 5.54 Å². The number of nitrogens with zero attached hydrogens (tertiary/aromatic N) is 2. The van der Waals surface area contributed by atoms with E-state index in [1.165, 1.54) is 12.0 Å². The molecule has 1 aromatic heterocycles. The summed E-state index contributed by atoms with van der Waals surface area (Å²) >= 11 is 3.41. The van der Waals surface area contributed by atoms with Crippen molar-refractivity contribution < 1.29 is 19.1 Å². The van der Waals surface area contributed by atoms with E-state index in [1.54, 1.807) is 36.7 Å². The Morgan fingerprint density at radius 2 is 2.14 bits per heavy atom. The van der Waals surface area contributed by atoms with Crippen LogP contribution in [0.25, 0.3) is 0 Å². The normalized spacial score (nSPS) is 19.9. The summed E-state index contributed by atoms with van der Waals surface area (Å²) in [4.78, 5) is 42.9. The first kappa shape index (κ1) is 19.0. The molecule has 1 atom stereocenters. The molecule has 2 N–H and O–H groups in total. The van der Waals surface area contributed by atoms with Gasteiger partial charge in [0.05, 0.1) is 23.7 Å². The number of hydrogen-bond donors (Lipinski definition) is 2. The summed E-state index contributed by atoms with van der Waals surface area (Å²) in [5.41, 5.74) is 0.304. The Kier molecular flexibility index (Phi) is 4.72. The maximum absolute atomic E-state index is 13.0. The van der Waals surface area contributed by atoms with Gasteiger partial charge in [-0.25, -0.2) is 4.79 Å². The second kappa shape index (κ2) is 7.22. The van der Waals surface area contributed by atoms with E-state index in [4.69, 9.17) is 4.74 Å². The van der Waals surface area contributed by atoms with Crippen molar-refractivity contribution in [2.75, 3.05) is 13.7 Å². The number of nitrogens with one attached hydrogen (secondary N) is 2. The summed E-state index contributed by atoms with van der Waals surface area (Å²) < 4.78 is 5.81. The van der Waals surface area contributed by atoms with E-state index >= 15 is 0 Å². The van der Waals surface area contributed by atoms with Gasteiger partial charge in [-0.15, -0.1) is 0 Å². The fourth-order valence-corrected chi connectivity index (χ4v) is 4.03. The number of ether oxygens (including phenoxy) is 1. The highest BCUT2D eigenvalue weighted by Gasteiger charge is 2.48. The summed E-state index contributed by atoms with van der Waals surface area (Å²) in [6.45, 7) is 0.191. The van der Waals surface area contributed by atoms with Crippen LogP contribution in [0.2, 0.25) is 0 Å². The molecule has 2 aliphatic rings. The lowest BCUT2D eigenvalue weighted by Crippen LogP contribution is -2.54. The van der Waals surface area contributed by atoms with Crippen LogP contribution >= 0.6 is 15.9 Å². The smallest absolute Gasteiger partial charge is 0.323 e. The molecule has 4 amide bonds. The molecule has 29 heavy (non-hydrogen) atoms. The number of urea groups is 1. The van der Waals surface area contributed by atoms with E-state index in [0.29, 0.717) is 21.3 Å². The molecule has 0 aliphatic carbocycles.